The number of hydrogen-bond acceptors (Lipinski definition) is 1. The molecular weight excluding hydrogens is 206 g/mol. The molecule has 0 spiro atoms. The van der Waals surface area contributed by atoms with Gasteiger partial charge < -0.3 is 5.73 Å². The molecule has 0 amide bonds. The minimum absolute atomic E-state index is 0.442. The predicted octanol–water partition coefficient (Wildman–Crippen LogP) is 4.21. The van der Waals surface area contributed by atoms with E-state index in [2.05, 4.69) is 34.6 Å². The maximum absolute atomic E-state index is 6.59. The Bertz CT molecular complexity index is 257. The highest BCUT2D eigenvalue weighted by Crippen LogP contribution is 2.70. The van der Waals surface area contributed by atoms with E-state index in [1.165, 1.54) is 32.1 Å². The van der Waals surface area contributed by atoms with Crippen LogP contribution in [0, 0.1) is 28.6 Å². The summed E-state index contributed by atoms with van der Waals surface area (Å²) >= 11 is 0. The number of rotatable bonds is 3. The molecule has 1 heteroatoms. The van der Waals surface area contributed by atoms with Crippen molar-refractivity contribution in [2.24, 2.45) is 34.3 Å². The van der Waals surface area contributed by atoms with E-state index >= 15 is 0 Å². The molecule has 0 aromatic carbocycles. The van der Waals surface area contributed by atoms with Gasteiger partial charge in [-0.05, 0) is 41.4 Å². The Morgan fingerprint density at radius 1 is 1.00 bits per heavy atom. The minimum Gasteiger partial charge on any atom is -0.327 e. The highest BCUT2D eigenvalue weighted by molar-refractivity contribution is 5.16. The first-order valence-electron chi connectivity index (χ1n) is 7.58. The van der Waals surface area contributed by atoms with Crippen LogP contribution in [-0.2, 0) is 0 Å². The molecule has 2 rings (SSSR count). The van der Waals surface area contributed by atoms with Crippen molar-refractivity contribution in [3.8, 4) is 0 Å². The van der Waals surface area contributed by atoms with Crippen molar-refractivity contribution >= 4 is 0 Å². The first-order chi connectivity index (χ1) is 7.82. The topological polar surface area (TPSA) is 26.0 Å². The van der Waals surface area contributed by atoms with Crippen molar-refractivity contribution in [3.63, 3.8) is 0 Å². The van der Waals surface area contributed by atoms with Crippen molar-refractivity contribution < 1.29 is 0 Å². The Hall–Kier alpha value is -0.0400. The first-order valence-corrected chi connectivity index (χ1v) is 7.58. The van der Waals surface area contributed by atoms with Gasteiger partial charge in [0.05, 0.1) is 0 Å². The monoisotopic (exact) mass is 237 g/mol. The molecular formula is C16H31N. The van der Waals surface area contributed by atoms with Crippen LogP contribution >= 0.6 is 0 Å². The third-order valence-corrected chi connectivity index (χ3v) is 6.53. The Labute approximate surface area is 108 Å². The summed E-state index contributed by atoms with van der Waals surface area (Å²) < 4.78 is 0. The van der Waals surface area contributed by atoms with E-state index in [1.807, 2.05) is 0 Å². The summed E-state index contributed by atoms with van der Waals surface area (Å²) in [6.07, 6.45) is 6.96. The Kier molecular flexibility index (Phi) is 3.36. The fourth-order valence-corrected chi connectivity index (χ4v) is 4.46. The normalized spacial score (nSPS) is 37.8. The molecule has 0 radical (unpaired) electrons. The molecule has 2 fully saturated rings. The van der Waals surface area contributed by atoms with Gasteiger partial charge >= 0.3 is 0 Å². The highest BCUT2D eigenvalue weighted by atomic mass is 14.8. The van der Waals surface area contributed by atoms with Gasteiger partial charge in [-0.2, -0.15) is 0 Å². The number of hydrogen-bond donors (Lipinski definition) is 1. The lowest BCUT2D eigenvalue weighted by Gasteiger charge is -2.32. The van der Waals surface area contributed by atoms with Crippen LogP contribution in [-0.4, -0.2) is 6.04 Å². The molecule has 2 saturated carbocycles. The zero-order valence-corrected chi connectivity index (χ0v) is 12.4. The van der Waals surface area contributed by atoms with E-state index in [-0.39, 0.29) is 0 Å². The molecule has 1 unspecified atom stereocenters. The average Bonchev–Trinajstić information content (AvgIpc) is 2.69. The third-order valence-electron chi connectivity index (χ3n) is 6.53. The lowest BCUT2D eigenvalue weighted by atomic mass is 9.75. The van der Waals surface area contributed by atoms with Crippen LogP contribution in [0.5, 0.6) is 0 Å². The van der Waals surface area contributed by atoms with Gasteiger partial charge in [-0.25, -0.2) is 0 Å². The zero-order chi connectivity index (χ0) is 12.8. The molecule has 2 aliphatic carbocycles. The van der Waals surface area contributed by atoms with Crippen molar-refractivity contribution in [3.05, 3.63) is 0 Å². The molecule has 100 valence electrons. The van der Waals surface area contributed by atoms with Gasteiger partial charge in [0.2, 0.25) is 0 Å². The van der Waals surface area contributed by atoms with Crippen LogP contribution < -0.4 is 5.73 Å². The summed E-state index contributed by atoms with van der Waals surface area (Å²) in [5, 5.41) is 0. The molecule has 0 saturated heterocycles. The van der Waals surface area contributed by atoms with Crippen LogP contribution in [0.3, 0.4) is 0 Å². The van der Waals surface area contributed by atoms with E-state index < -0.39 is 0 Å². The van der Waals surface area contributed by atoms with Gasteiger partial charge in [0.25, 0.3) is 0 Å². The third kappa shape index (κ3) is 2.05. The maximum Gasteiger partial charge on any atom is 0.0106 e. The van der Waals surface area contributed by atoms with Crippen LogP contribution in [0.15, 0.2) is 0 Å². The van der Waals surface area contributed by atoms with Gasteiger partial charge in [-0.3, -0.25) is 0 Å². The Balaban J connectivity index is 1.93. The second-order valence-electron chi connectivity index (χ2n) is 7.69. The summed E-state index contributed by atoms with van der Waals surface area (Å²) in [4.78, 5) is 0. The zero-order valence-electron chi connectivity index (χ0n) is 12.4. The maximum atomic E-state index is 6.59. The van der Waals surface area contributed by atoms with Crippen molar-refractivity contribution in [1.29, 1.82) is 0 Å². The van der Waals surface area contributed by atoms with Gasteiger partial charge in [0.1, 0.15) is 0 Å². The van der Waals surface area contributed by atoms with E-state index in [0.29, 0.717) is 16.9 Å². The molecule has 0 bridgehead atoms. The average molecular weight is 237 g/mol. The first kappa shape index (κ1) is 13.4. The minimum atomic E-state index is 0.442. The van der Waals surface area contributed by atoms with Crippen LogP contribution in [0.25, 0.3) is 0 Å². The Morgan fingerprint density at radius 2 is 1.47 bits per heavy atom. The van der Waals surface area contributed by atoms with Crippen LogP contribution in [0.4, 0.5) is 0 Å². The molecule has 2 N–H and O–H groups in total. The highest BCUT2D eigenvalue weighted by Gasteiger charge is 2.67. The van der Waals surface area contributed by atoms with Gasteiger partial charge in [-0.1, -0.05) is 53.9 Å². The lowest BCUT2D eigenvalue weighted by molar-refractivity contribution is 0.215. The second kappa shape index (κ2) is 4.26. The van der Waals surface area contributed by atoms with Crippen molar-refractivity contribution in [2.75, 3.05) is 0 Å². The van der Waals surface area contributed by atoms with E-state index in [9.17, 15) is 0 Å². The van der Waals surface area contributed by atoms with E-state index in [0.717, 1.165) is 17.8 Å². The summed E-state index contributed by atoms with van der Waals surface area (Å²) in [5.41, 5.74) is 7.50. The molecule has 0 aromatic rings. The molecule has 1 nitrogen and oxygen atoms in total. The SMILES string of the molecule is CCC1CCC(C(N)C2C(C)(C)C2(C)C)CC1. The largest absolute Gasteiger partial charge is 0.327 e. The van der Waals surface area contributed by atoms with Gasteiger partial charge in [0, 0.05) is 6.04 Å². The molecule has 2 aliphatic rings. The van der Waals surface area contributed by atoms with E-state index in [4.69, 9.17) is 5.73 Å². The fraction of sp³-hybridized carbons (Fsp3) is 1.00. The summed E-state index contributed by atoms with van der Waals surface area (Å²) in [6.45, 7) is 11.9. The predicted molar refractivity (Wildman–Crippen MR) is 74.8 cm³/mol. The van der Waals surface area contributed by atoms with Gasteiger partial charge in [0.15, 0.2) is 0 Å². The second-order valence-corrected chi connectivity index (χ2v) is 7.69. The van der Waals surface area contributed by atoms with Crippen molar-refractivity contribution in [2.45, 2.75) is 72.8 Å². The molecule has 0 aromatic heterocycles. The molecule has 0 heterocycles. The van der Waals surface area contributed by atoms with Crippen LogP contribution in [0.2, 0.25) is 0 Å². The van der Waals surface area contributed by atoms with Crippen LogP contribution in [0.1, 0.15) is 66.7 Å². The van der Waals surface area contributed by atoms with Crippen molar-refractivity contribution in [1.82, 2.24) is 0 Å². The standard InChI is InChI=1S/C16H31N/c1-6-11-7-9-12(10-8-11)13(17)14-15(2,3)16(14,4)5/h11-14H,6-10,17H2,1-5H3. The summed E-state index contributed by atoms with van der Waals surface area (Å²) in [7, 11) is 0. The summed E-state index contributed by atoms with van der Waals surface area (Å²) in [6, 6.07) is 0.442. The Morgan fingerprint density at radius 3 is 1.82 bits per heavy atom. The quantitative estimate of drug-likeness (QED) is 0.781. The molecule has 0 aliphatic heterocycles. The summed E-state index contributed by atoms with van der Waals surface area (Å²) in [5.74, 6) is 2.51. The molecule has 17 heavy (non-hydrogen) atoms. The lowest BCUT2D eigenvalue weighted by Crippen LogP contribution is -2.36. The van der Waals surface area contributed by atoms with Gasteiger partial charge in [-0.15, -0.1) is 0 Å². The van der Waals surface area contributed by atoms with E-state index in [1.54, 1.807) is 0 Å². The fourth-order valence-electron chi connectivity index (χ4n) is 4.46. The number of nitrogens with two attached hydrogens (primary N) is 1. The molecule has 1 atom stereocenters. The smallest absolute Gasteiger partial charge is 0.0106 e.